The van der Waals surface area contributed by atoms with E-state index in [9.17, 15) is 13.2 Å². The summed E-state index contributed by atoms with van der Waals surface area (Å²) >= 11 is 1.20. The molecule has 22 heavy (non-hydrogen) atoms. The summed E-state index contributed by atoms with van der Waals surface area (Å²) in [7, 11) is -2.95. The molecule has 0 bridgehead atoms. The van der Waals surface area contributed by atoms with Gasteiger partial charge in [-0.05, 0) is 29.8 Å². The molecule has 0 unspecified atom stereocenters. The highest BCUT2D eigenvalue weighted by Gasteiger charge is 2.22. The van der Waals surface area contributed by atoms with Crippen molar-refractivity contribution in [1.29, 1.82) is 0 Å². The highest BCUT2D eigenvalue weighted by atomic mass is 32.2. The summed E-state index contributed by atoms with van der Waals surface area (Å²) in [5.74, 6) is 0.393. The Morgan fingerprint density at radius 2 is 1.95 bits per heavy atom. The first-order chi connectivity index (χ1) is 9.98. The number of carbonyl (C=O) groups is 1. The molecule has 1 rings (SSSR count). The number of rotatable bonds is 4. The van der Waals surface area contributed by atoms with Crippen LogP contribution in [0.3, 0.4) is 0 Å². The Bertz CT molecular complexity index is 573. The van der Waals surface area contributed by atoms with Gasteiger partial charge >= 0.3 is 0 Å². The summed E-state index contributed by atoms with van der Waals surface area (Å²) in [4.78, 5) is 15.6. The molecule has 1 aromatic heterocycles. The number of nitrogens with zero attached hydrogens (tertiary/aromatic N) is 1. The number of pyridine rings is 1. The highest BCUT2D eigenvalue weighted by molar-refractivity contribution is 8.13. The maximum absolute atomic E-state index is 11.6. The number of aromatic nitrogens is 1. The maximum Gasteiger partial charge on any atom is 0.200 e. The van der Waals surface area contributed by atoms with E-state index < -0.39 is 9.84 Å². The molecule has 0 radical (unpaired) electrons. The predicted octanol–water partition coefficient (Wildman–Crippen LogP) is 3.95. The molecule has 1 heterocycles. The average Bonchev–Trinajstić information content (AvgIpc) is 2.38. The van der Waals surface area contributed by atoms with Crippen molar-refractivity contribution in [2.24, 2.45) is 11.3 Å². The number of carbonyl (C=O) groups excluding carboxylic acids is 1. The van der Waals surface area contributed by atoms with Crippen molar-refractivity contribution in [3.8, 4) is 0 Å². The third-order valence-corrected chi connectivity index (χ3v) is 5.15. The number of hydrogen-bond acceptors (Lipinski definition) is 5. The van der Waals surface area contributed by atoms with Crippen molar-refractivity contribution in [1.82, 2.24) is 4.98 Å². The van der Waals surface area contributed by atoms with Crippen molar-refractivity contribution in [3.63, 3.8) is 0 Å². The first-order valence-electron chi connectivity index (χ1n) is 6.96. The van der Waals surface area contributed by atoms with E-state index in [1.54, 1.807) is 6.20 Å². The van der Waals surface area contributed by atoms with E-state index in [4.69, 9.17) is 0 Å². The lowest BCUT2D eigenvalue weighted by Crippen LogP contribution is -2.16. The van der Waals surface area contributed by atoms with Gasteiger partial charge in [0, 0.05) is 17.0 Å². The van der Waals surface area contributed by atoms with Crippen LogP contribution in [-0.2, 0) is 14.6 Å². The molecule has 6 heteroatoms. The topological polar surface area (TPSA) is 64.1 Å². The van der Waals surface area contributed by atoms with Crippen LogP contribution in [0.2, 0.25) is 0 Å². The Labute approximate surface area is 138 Å². The summed E-state index contributed by atoms with van der Waals surface area (Å²) in [6.07, 6.45) is 1.69. The van der Waals surface area contributed by atoms with Crippen LogP contribution in [-0.4, -0.2) is 24.3 Å². The van der Waals surface area contributed by atoms with Crippen LogP contribution in [0.5, 0.6) is 0 Å². The van der Waals surface area contributed by atoms with E-state index in [0.717, 1.165) is 10.4 Å². The molecular formula is C16H25NO3S2. The van der Waals surface area contributed by atoms with Crippen LogP contribution in [0.25, 0.3) is 0 Å². The lowest BCUT2D eigenvalue weighted by Gasteiger charge is -2.14. The molecule has 0 N–H and O–H groups in total. The van der Waals surface area contributed by atoms with Crippen molar-refractivity contribution >= 4 is 26.7 Å². The second kappa shape index (κ2) is 9.10. The van der Waals surface area contributed by atoms with Crippen LogP contribution in [0.15, 0.2) is 41.4 Å². The molecule has 0 aliphatic rings. The first-order valence-corrected chi connectivity index (χ1v) is 9.49. The molecule has 0 aromatic carbocycles. The zero-order valence-electron chi connectivity index (χ0n) is 13.9. The molecular weight excluding hydrogens is 318 g/mol. The fraction of sp³-hybridized carbons (Fsp3) is 0.500. The monoisotopic (exact) mass is 343 g/mol. The largest absolute Gasteiger partial charge is 0.286 e. The summed E-state index contributed by atoms with van der Waals surface area (Å²) in [6.45, 7) is 12.6. The van der Waals surface area contributed by atoms with Crippen molar-refractivity contribution in [2.45, 2.75) is 39.6 Å². The number of hydrogen-bond donors (Lipinski definition) is 0. The van der Waals surface area contributed by atoms with E-state index in [2.05, 4.69) is 11.6 Å². The Kier molecular flexibility index (Phi) is 8.63. The van der Waals surface area contributed by atoms with Gasteiger partial charge in [0.2, 0.25) is 0 Å². The summed E-state index contributed by atoms with van der Waals surface area (Å²) in [5.41, 5.74) is -0.303. The van der Waals surface area contributed by atoms with Gasteiger partial charge in [0.1, 0.15) is 5.03 Å². The van der Waals surface area contributed by atoms with Gasteiger partial charge in [0.15, 0.2) is 15.0 Å². The van der Waals surface area contributed by atoms with E-state index >= 15 is 0 Å². The van der Waals surface area contributed by atoms with E-state index in [-0.39, 0.29) is 22.2 Å². The Morgan fingerprint density at radius 3 is 2.27 bits per heavy atom. The second-order valence-electron chi connectivity index (χ2n) is 6.20. The molecule has 0 amide bonds. The van der Waals surface area contributed by atoms with Gasteiger partial charge < -0.3 is 0 Å². The first kappa shape index (κ1) is 20.9. The molecule has 0 fully saturated rings. The third kappa shape index (κ3) is 9.73. The Balaban J connectivity index is 0.000000433. The second-order valence-corrected chi connectivity index (χ2v) is 9.18. The van der Waals surface area contributed by atoms with Gasteiger partial charge in [-0.25, -0.2) is 13.4 Å². The smallest absolute Gasteiger partial charge is 0.200 e. The molecule has 1 aromatic rings. The number of sulfone groups is 1. The van der Waals surface area contributed by atoms with E-state index in [1.165, 1.54) is 11.8 Å². The molecule has 124 valence electrons. The van der Waals surface area contributed by atoms with Gasteiger partial charge in [-0.3, -0.25) is 4.79 Å². The fourth-order valence-electron chi connectivity index (χ4n) is 1.19. The molecule has 0 atom stereocenters. The van der Waals surface area contributed by atoms with E-state index in [1.807, 2.05) is 52.8 Å². The van der Waals surface area contributed by atoms with Gasteiger partial charge in [0.05, 0.1) is 5.75 Å². The van der Waals surface area contributed by atoms with Crippen LogP contribution in [0, 0.1) is 11.3 Å². The lowest BCUT2D eigenvalue weighted by atomic mass is 10.00. The van der Waals surface area contributed by atoms with Crippen LogP contribution in [0.1, 0.15) is 34.6 Å². The molecule has 0 aliphatic carbocycles. The van der Waals surface area contributed by atoms with Crippen molar-refractivity contribution in [3.05, 3.63) is 36.4 Å². The third-order valence-electron chi connectivity index (χ3n) is 2.27. The standard InChI is InChI=1S/C10H13NOS.C6H12O2S/c1-10(2,3)9(12)13-8-6-4-5-7-11-8;1-4-9(7,8)5-6(2)3/h4-7H,1-3H3;4,6H,1,5H2,2-3H3. The number of thioether (sulfide) groups is 1. The minimum Gasteiger partial charge on any atom is -0.286 e. The predicted molar refractivity (Wildman–Crippen MR) is 93.4 cm³/mol. The zero-order valence-corrected chi connectivity index (χ0v) is 15.5. The normalized spacial score (nSPS) is 11.5. The van der Waals surface area contributed by atoms with Gasteiger partial charge in [-0.1, -0.05) is 47.3 Å². The van der Waals surface area contributed by atoms with Crippen molar-refractivity contribution in [2.75, 3.05) is 5.75 Å². The zero-order chi connectivity index (χ0) is 17.4. The lowest BCUT2D eigenvalue weighted by molar-refractivity contribution is -0.117. The van der Waals surface area contributed by atoms with Crippen LogP contribution >= 0.6 is 11.8 Å². The highest BCUT2D eigenvalue weighted by Crippen LogP contribution is 2.27. The Hall–Kier alpha value is -1.14. The van der Waals surface area contributed by atoms with Crippen LogP contribution in [0.4, 0.5) is 0 Å². The summed E-state index contributed by atoms with van der Waals surface area (Å²) < 4.78 is 21.4. The maximum atomic E-state index is 11.6. The van der Waals surface area contributed by atoms with Crippen molar-refractivity contribution < 1.29 is 13.2 Å². The SMILES string of the molecule is C=CS(=O)(=O)CC(C)C.CC(C)(C)C(=O)Sc1ccccn1. The van der Waals surface area contributed by atoms with Gasteiger partial charge in [-0.15, -0.1) is 0 Å². The summed E-state index contributed by atoms with van der Waals surface area (Å²) in [6, 6.07) is 5.56. The minimum atomic E-state index is -2.95. The van der Waals surface area contributed by atoms with Crippen LogP contribution < -0.4 is 0 Å². The quantitative estimate of drug-likeness (QED) is 0.775. The molecule has 0 spiro atoms. The Morgan fingerprint density at radius 1 is 1.36 bits per heavy atom. The molecule has 0 saturated heterocycles. The van der Waals surface area contributed by atoms with Gasteiger partial charge in [0.25, 0.3) is 0 Å². The minimum absolute atomic E-state index is 0.145. The molecule has 0 aliphatic heterocycles. The van der Waals surface area contributed by atoms with Gasteiger partial charge in [-0.2, -0.15) is 0 Å². The van der Waals surface area contributed by atoms with E-state index in [0.29, 0.717) is 0 Å². The fourth-order valence-corrected chi connectivity index (χ4v) is 3.01. The molecule has 0 saturated carbocycles. The summed E-state index contributed by atoms with van der Waals surface area (Å²) in [5, 5.41) is 1.92. The molecule has 4 nitrogen and oxygen atoms in total. The average molecular weight is 344 g/mol.